The third-order valence-electron chi connectivity index (χ3n) is 1.74. The van der Waals surface area contributed by atoms with Gasteiger partial charge in [0, 0.05) is 6.92 Å². The highest BCUT2D eigenvalue weighted by Gasteiger charge is 2.16. The van der Waals surface area contributed by atoms with Crippen LogP contribution in [-0.4, -0.2) is 28.4 Å². The molecule has 0 aliphatic heterocycles. The number of rotatable bonds is 4. The lowest BCUT2D eigenvalue weighted by atomic mass is 10.1. The van der Waals surface area contributed by atoms with Crippen LogP contribution in [0.25, 0.3) is 0 Å². The van der Waals surface area contributed by atoms with Crippen molar-refractivity contribution in [3.8, 4) is 5.75 Å². The van der Waals surface area contributed by atoms with Crippen LogP contribution in [0.15, 0.2) is 12.3 Å². The number of nitrogens with zero attached hydrogens (tertiary/aromatic N) is 1. The summed E-state index contributed by atoms with van der Waals surface area (Å²) in [5, 5.41) is 8.86. The van der Waals surface area contributed by atoms with Crippen LogP contribution in [-0.2, 0) is 0 Å². The van der Waals surface area contributed by atoms with E-state index in [0.29, 0.717) is 12.4 Å². The number of pyridine rings is 1. The van der Waals surface area contributed by atoms with Crippen LogP contribution in [0.5, 0.6) is 5.75 Å². The van der Waals surface area contributed by atoms with Gasteiger partial charge in [-0.1, -0.05) is 0 Å². The SMILES string of the molecule is CCOc1cnc(C(C)=O)c(C(=O)O)c1. The first kappa shape index (κ1) is 11.2. The summed E-state index contributed by atoms with van der Waals surface area (Å²) < 4.78 is 5.09. The number of carboxylic acids is 1. The van der Waals surface area contributed by atoms with E-state index in [1.165, 1.54) is 19.2 Å². The van der Waals surface area contributed by atoms with Gasteiger partial charge in [0.25, 0.3) is 0 Å². The van der Waals surface area contributed by atoms with E-state index >= 15 is 0 Å². The molecule has 0 saturated heterocycles. The number of carbonyl (C=O) groups is 2. The van der Waals surface area contributed by atoms with Crippen LogP contribution in [0.1, 0.15) is 34.7 Å². The molecule has 0 fully saturated rings. The Bertz CT molecular complexity index is 400. The summed E-state index contributed by atoms with van der Waals surface area (Å²) in [7, 11) is 0. The normalized spacial score (nSPS) is 9.73. The van der Waals surface area contributed by atoms with Crippen LogP contribution < -0.4 is 4.74 Å². The molecular formula is C10H11NO4. The minimum atomic E-state index is -1.19. The summed E-state index contributed by atoms with van der Waals surface area (Å²) >= 11 is 0. The Morgan fingerprint density at radius 1 is 1.53 bits per heavy atom. The van der Waals surface area contributed by atoms with Gasteiger partial charge in [0.15, 0.2) is 5.78 Å². The maximum absolute atomic E-state index is 11.1. The molecule has 0 aromatic carbocycles. The second-order valence-corrected chi connectivity index (χ2v) is 2.86. The molecule has 0 aliphatic rings. The monoisotopic (exact) mass is 209 g/mol. The molecule has 1 rings (SSSR count). The third-order valence-corrected chi connectivity index (χ3v) is 1.74. The minimum Gasteiger partial charge on any atom is -0.492 e. The number of aromatic carboxylic acids is 1. The minimum absolute atomic E-state index is 0.0500. The van der Waals surface area contributed by atoms with E-state index in [4.69, 9.17) is 9.84 Å². The molecule has 0 aliphatic carbocycles. The van der Waals surface area contributed by atoms with Gasteiger partial charge in [0.2, 0.25) is 0 Å². The molecule has 5 nitrogen and oxygen atoms in total. The van der Waals surface area contributed by atoms with Crippen LogP contribution >= 0.6 is 0 Å². The Hall–Kier alpha value is -1.91. The Balaban J connectivity index is 3.21. The molecule has 15 heavy (non-hydrogen) atoms. The van der Waals surface area contributed by atoms with E-state index in [1.807, 2.05) is 0 Å². The Kier molecular flexibility index (Phi) is 3.38. The van der Waals surface area contributed by atoms with E-state index in [9.17, 15) is 9.59 Å². The smallest absolute Gasteiger partial charge is 0.338 e. The fraction of sp³-hybridized carbons (Fsp3) is 0.300. The number of aromatic nitrogens is 1. The molecule has 0 atom stereocenters. The van der Waals surface area contributed by atoms with E-state index in [0.717, 1.165) is 0 Å². The molecule has 0 amide bonds. The molecule has 1 aromatic heterocycles. The Morgan fingerprint density at radius 3 is 2.67 bits per heavy atom. The average molecular weight is 209 g/mol. The Morgan fingerprint density at radius 2 is 2.20 bits per heavy atom. The standard InChI is InChI=1S/C10H11NO4/c1-3-15-7-4-8(10(13)14)9(6(2)12)11-5-7/h4-5H,3H2,1-2H3,(H,13,14). The third kappa shape index (κ3) is 2.52. The zero-order valence-corrected chi connectivity index (χ0v) is 8.48. The summed E-state index contributed by atoms with van der Waals surface area (Å²) in [6, 6.07) is 1.30. The molecular weight excluding hydrogens is 198 g/mol. The number of ketones is 1. The van der Waals surface area contributed by atoms with Gasteiger partial charge < -0.3 is 9.84 Å². The van der Waals surface area contributed by atoms with Gasteiger partial charge in [-0.25, -0.2) is 9.78 Å². The van der Waals surface area contributed by atoms with Crippen LogP contribution in [0.3, 0.4) is 0 Å². The Labute approximate surface area is 86.7 Å². The summed E-state index contributed by atoms with van der Waals surface area (Å²) in [5.74, 6) is -1.22. The molecule has 0 unspecified atom stereocenters. The first-order valence-corrected chi connectivity index (χ1v) is 4.43. The number of ether oxygens (including phenoxy) is 1. The van der Waals surface area contributed by atoms with Crippen LogP contribution in [0.2, 0.25) is 0 Å². The number of hydrogen-bond donors (Lipinski definition) is 1. The first-order valence-electron chi connectivity index (χ1n) is 4.43. The van der Waals surface area contributed by atoms with E-state index in [1.54, 1.807) is 6.92 Å². The van der Waals surface area contributed by atoms with Gasteiger partial charge in [-0.15, -0.1) is 0 Å². The first-order chi connectivity index (χ1) is 7.06. The largest absolute Gasteiger partial charge is 0.492 e. The number of hydrogen-bond acceptors (Lipinski definition) is 4. The molecule has 1 N–H and O–H groups in total. The highest BCUT2D eigenvalue weighted by atomic mass is 16.5. The van der Waals surface area contributed by atoms with Crippen molar-refractivity contribution in [2.24, 2.45) is 0 Å². The number of Topliss-reactive ketones (excluding diaryl/α,β-unsaturated/α-hetero) is 1. The van der Waals surface area contributed by atoms with Gasteiger partial charge in [-0.3, -0.25) is 4.79 Å². The van der Waals surface area contributed by atoms with Crippen molar-refractivity contribution >= 4 is 11.8 Å². The van der Waals surface area contributed by atoms with Crippen molar-refractivity contribution in [3.63, 3.8) is 0 Å². The second-order valence-electron chi connectivity index (χ2n) is 2.86. The molecule has 0 bridgehead atoms. The summed E-state index contributed by atoms with van der Waals surface area (Å²) in [4.78, 5) is 25.7. The fourth-order valence-corrected chi connectivity index (χ4v) is 1.13. The lowest BCUT2D eigenvalue weighted by molar-refractivity contribution is 0.0691. The second kappa shape index (κ2) is 4.54. The van der Waals surface area contributed by atoms with Gasteiger partial charge in [0.1, 0.15) is 11.4 Å². The lowest BCUT2D eigenvalue weighted by Crippen LogP contribution is -2.09. The lowest BCUT2D eigenvalue weighted by Gasteiger charge is -2.05. The van der Waals surface area contributed by atoms with Crippen LogP contribution in [0.4, 0.5) is 0 Å². The van der Waals surface area contributed by atoms with Crippen molar-refractivity contribution < 1.29 is 19.4 Å². The van der Waals surface area contributed by atoms with E-state index < -0.39 is 5.97 Å². The zero-order chi connectivity index (χ0) is 11.4. The van der Waals surface area contributed by atoms with E-state index in [-0.39, 0.29) is 17.0 Å². The number of carbonyl (C=O) groups excluding carboxylic acids is 1. The van der Waals surface area contributed by atoms with Crippen molar-refractivity contribution in [1.82, 2.24) is 4.98 Å². The predicted molar refractivity (Wildman–Crippen MR) is 52.4 cm³/mol. The van der Waals surface area contributed by atoms with Crippen LogP contribution in [0, 0.1) is 0 Å². The summed E-state index contributed by atoms with van der Waals surface area (Å²) in [5.41, 5.74) is -0.181. The maximum Gasteiger partial charge on any atom is 0.338 e. The predicted octanol–water partition coefficient (Wildman–Crippen LogP) is 1.38. The zero-order valence-electron chi connectivity index (χ0n) is 8.48. The summed E-state index contributed by atoms with van der Waals surface area (Å²) in [6.07, 6.45) is 1.34. The molecule has 1 aromatic rings. The van der Waals surface area contributed by atoms with Crippen molar-refractivity contribution in [2.45, 2.75) is 13.8 Å². The highest BCUT2D eigenvalue weighted by molar-refractivity contribution is 6.03. The molecule has 0 spiro atoms. The van der Waals surface area contributed by atoms with Gasteiger partial charge in [-0.05, 0) is 13.0 Å². The van der Waals surface area contributed by atoms with Crippen molar-refractivity contribution in [2.75, 3.05) is 6.61 Å². The maximum atomic E-state index is 11.1. The summed E-state index contributed by atoms with van der Waals surface area (Å²) in [6.45, 7) is 3.47. The quantitative estimate of drug-likeness (QED) is 0.758. The topological polar surface area (TPSA) is 76.5 Å². The van der Waals surface area contributed by atoms with Crippen molar-refractivity contribution in [3.05, 3.63) is 23.5 Å². The molecule has 0 radical (unpaired) electrons. The molecule has 1 heterocycles. The molecule has 80 valence electrons. The highest BCUT2D eigenvalue weighted by Crippen LogP contribution is 2.15. The van der Waals surface area contributed by atoms with Crippen molar-refractivity contribution in [1.29, 1.82) is 0 Å². The van der Waals surface area contributed by atoms with E-state index in [2.05, 4.69) is 4.98 Å². The fourth-order valence-electron chi connectivity index (χ4n) is 1.13. The number of carboxylic acid groups (broad SMARTS) is 1. The van der Waals surface area contributed by atoms with Gasteiger partial charge in [0.05, 0.1) is 18.4 Å². The molecule has 5 heteroatoms. The molecule has 0 saturated carbocycles. The average Bonchev–Trinajstić information content (AvgIpc) is 2.17. The van der Waals surface area contributed by atoms with Gasteiger partial charge in [-0.2, -0.15) is 0 Å². The van der Waals surface area contributed by atoms with Gasteiger partial charge >= 0.3 is 5.97 Å².